The first-order chi connectivity index (χ1) is 21.9. The van der Waals surface area contributed by atoms with Gasteiger partial charge in [0.05, 0.1) is 29.5 Å². The lowest BCUT2D eigenvalue weighted by molar-refractivity contribution is -0.753. The summed E-state index contributed by atoms with van der Waals surface area (Å²) in [7, 11) is 0. The quantitative estimate of drug-likeness (QED) is 0.145. The van der Waals surface area contributed by atoms with Crippen molar-refractivity contribution in [2.24, 2.45) is 0 Å². The number of nitrogens with zero attached hydrogens (tertiary/aromatic N) is 1. The van der Waals surface area contributed by atoms with Crippen molar-refractivity contribution in [3.8, 4) is 0 Å². The van der Waals surface area contributed by atoms with Crippen molar-refractivity contribution in [1.29, 1.82) is 0 Å². The molecule has 0 spiro atoms. The highest BCUT2D eigenvalue weighted by Gasteiger charge is 2.54. The van der Waals surface area contributed by atoms with Gasteiger partial charge >= 0.3 is 23.9 Å². The van der Waals surface area contributed by atoms with Crippen LogP contribution in [0.4, 0.5) is 5.82 Å². The molecule has 12 heteroatoms. The number of esters is 4. The molecule has 4 atom stereocenters. The van der Waals surface area contributed by atoms with E-state index in [0.717, 1.165) is 0 Å². The Kier molecular flexibility index (Phi) is 11.6. The fourth-order valence-electron chi connectivity index (χ4n) is 4.82. The van der Waals surface area contributed by atoms with Gasteiger partial charge in [0.2, 0.25) is 12.3 Å². The van der Waals surface area contributed by atoms with Crippen LogP contribution < -0.4 is 27.3 Å². The molecule has 0 aliphatic carbocycles. The summed E-state index contributed by atoms with van der Waals surface area (Å²) in [6.45, 7) is 1.42. The number of ether oxygens (including phenoxy) is 5. The van der Waals surface area contributed by atoms with Crippen LogP contribution in [0.15, 0.2) is 109 Å². The molecule has 2 N–H and O–H groups in total. The Hall–Kier alpha value is -5.07. The Labute approximate surface area is 275 Å². The Bertz CT molecular complexity index is 1660. The first-order valence-electron chi connectivity index (χ1n) is 14.2. The number of nitrogens with two attached hydrogens (primary N) is 1. The van der Waals surface area contributed by atoms with Crippen molar-refractivity contribution < 1.29 is 64.4 Å². The van der Waals surface area contributed by atoms with Gasteiger partial charge in [0.1, 0.15) is 18.3 Å². The van der Waals surface area contributed by atoms with Crippen molar-refractivity contribution in [3.63, 3.8) is 0 Å². The molecule has 1 aliphatic heterocycles. The topological polar surface area (TPSA) is 144 Å². The van der Waals surface area contributed by atoms with Gasteiger partial charge in [-0.25, -0.2) is 23.7 Å². The summed E-state index contributed by atoms with van der Waals surface area (Å²) in [5.41, 5.74) is 7.26. The van der Waals surface area contributed by atoms with Gasteiger partial charge in [-0.05, 0) is 55.5 Å². The SMILES string of the molecule is CCOC(=O)c1ccc[n+](C2OC(COC(=O)c3ccccc3)C(OC(=O)c3ccccc3)C2OC(=O)c2ccccc2)c1N.[Br-]. The van der Waals surface area contributed by atoms with Crippen molar-refractivity contribution in [3.05, 3.63) is 132 Å². The minimum absolute atomic E-state index is 0. The van der Waals surface area contributed by atoms with E-state index in [2.05, 4.69) is 0 Å². The Morgan fingerprint density at radius 3 is 1.70 bits per heavy atom. The van der Waals surface area contributed by atoms with Gasteiger partial charge in [0.25, 0.3) is 5.82 Å². The van der Waals surface area contributed by atoms with Gasteiger partial charge in [-0.1, -0.05) is 54.6 Å². The molecule has 1 fully saturated rings. The first-order valence-corrected chi connectivity index (χ1v) is 14.2. The van der Waals surface area contributed by atoms with E-state index in [1.807, 2.05) is 0 Å². The molecular weight excluding hydrogens is 660 g/mol. The van der Waals surface area contributed by atoms with E-state index in [9.17, 15) is 19.2 Å². The van der Waals surface area contributed by atoms with Gasteiger partial charge in [0.15, 0.2) is 6.10 Å². The number of pyridine rings is 1. The number of benzene rings is 3. The van der Waals surface area contributed by atoms with E-state index in [1.54, 1.807) is 104 Å². The van der Waals surface area contributed by atoms with Crippen LogP contribution in [0.1, 0.15) is 54.6 Å². The third-order valence-electron chi connectivity index (χ3n) is 7.01. The highest BCUT2D eigenvalue weighted by atomic mass is 79.9. The van der Waals surface area contributed by atoms with E-state index in [1.165, 1.54) is 16.8 Å². The van der Waals surface area contributed by atoms with Gasteiger partial charge in [-0.15, -0.1) is 0 Å². The summed E-state index contributed by atoms with van der Waals surface area (Å²) in [6, 6.07) is 27.8. The van der Waals surface area contributed by atoms with E-state index < -0.39 is 48.4 Å². The van der Waals surface area contributed by atoms with Crippen LogP contribution in [-0.4, -0.2) is 55.4 Å². The predicted octanol–water partition coefficient (Wildman–Crippen LogP) is 0.943. The van der Waals surface area contributed by atoms with Crippen LogP contribution in [0.5, 0.6) is 0 Å². The number of halogens is 1. The van der Waals surface area contributed by atoms with Crippen molar-refractivity contribution >= 4 is 29.7 Å². The maximum absolute atomic E-state index is 13.4. The second kappa shape index (κ2) is 15.8. The zero-order valence-corrected chi connectivity index (χ0v) is 26.3. The monoisotopic (exact) mass is 690 g/mol. The Morgan fingerprint density at radius 1 is 0.674 bits per heavy atom. The van der Waals surface area contributed by atoms with Crippen molar-refractivity contribution in [2.75, 3.05) is 18.9 Å². The molecule has 0 saturated carbocycles. The van der Waals surface area contributed by atoms with E-state index in [-0.39, 0.29) is 52.7 Å². The maximum Gasteiger partial charge on any atom is 0.346 e. The largest absolute Gasteiger partial charge is 1.00 e. The second-order valence-electron chi connectivity index (χ2n) is 9.94. The molecule has 0 bridgehead atoms. The molecule has 11 nitrogen and oxygen atoms in total. The summed E-state index contributed by atoms with van der Waals surface area (Å²) in [5.74, 6) is -2.79. The third-order valence-corrected chi connectivity index (χ3v) is 7.01. The van der Waals surface area contributed by atoms with E-state index >= 15 is 0 Å². The smallest absolute Gasteiger partial charge is 0.346 e. The highest BCUT2D eigenvalue weighted by Crippen LogP contribution is 2.33. The molecular formula is C34H31BrN2O9. The van der Waals surface area contributed by atoms with Crippen LogP contribution in [0.2, 0.25) is 0 Å². The fraction of sp³-hybridized carbons (Fsp3) is 0.206. The number of rotatable bonds is 10. The molecule has 238 valence electrons. The fourth-order valence-corrected chi connectivity index (χ4v) is 4.82. The third kappa shape index (κ3) is 7.76. The first kappa shape index (κ1) is 33.8. The molecule has 4 aromatic rings. The minimum atomic E-state index is -1.30. The molecule has 46 heavy (non-hydrogen) atoms. The Morgan fingerprint density at radius 2 is 1.17 bits per heavy atom. The molecule has 3 aromatic carbocycles. The number of anilines is 1. The summed E-state index contributed by atoms with van der Waals surface area (Å²) in [5, 5.41) is 0. The van der Waals surface area contributed by atoms with Gasteiger partial charge in [0, 0.05) is 0 Å². The summed E-state index contributed by atoms with van der Waals surface area (Å²) in [4.78, 5) is 52.2. The van der Waals surface area contributed by atoms with Crippen LogP contribution in [0.3, 0.4) is 0 Å². The lowest BCUT2D eigenvalue weighted by Gasteiger charge is -2.24. The zero-order valence-electron chi connectivity index (χ0n) is 24.7. The number of carbonyl (C=O) groups excluding carboxylic acids is 4. The van der Waals surface area contributed by atoms with Crippen LogP contribution >= 0.6 is 0 Å². The lowest BCUT2D eigenvalue weighted by Crippen LogP contribution is -3.00. The summed E-state index contributed by atoms with van der Waals surface area (Å²) < 4.78 is 30.3. The molecule has 1 saturated heterocycles. The van der Waals surface area contributed by atoms with Crippen LogP contribution in [0, 0.1) is 0 Å². The van der Waals surface area contributed by atoms with Crippen molar-refractivity contribution in [1.82, 2.24) is 0 Å². The number of carbonyl (C=O) groups is 4. The zero-order chi connectivity index (χ0) is 31.8. The maximum atomic E-state index is 13.4. The number of nitrogen functional groups attached to an aromatic ring is 1. The van der Waals surface area contributed by atoms with Crippen LogP contribution in [0.25, 0.3) is 0 Å². The number of hydrogen-bond donors (Lipinski definition) is 1. The van der Waals surface area contributed by atoms with Gasteiger partial charge in [-0.3, -0.25) is 5.73 Å². The van der Waals surface area contributed by atoms with Crippen LogP contribution in [-0.2, 0) is 23.7 Å². The molecule has 1 aromatic heterocycles. The van der Waals surface area contributed by atoms with Gasteiger partial charge < -0.3 is 40.7 Å². The predicted molar refractivity (Wildman–Crippen MR) is 159 cm³/mol. The standard InChI is InChI=1S/C34H30N2O9.BrH/c1-2-41-34(40)25-19-12-20-36(29(25)35)30-28(45-33(39)24-17-10-5-11-18-24)27(44-32(38)23-15-8-4-9-16-23)26(43-30)21-42-31(37)22-13-6-3-7-14-22;/h3-20,26-28,30,35H,2,21H2,1H3;1H. The average Bonchev–Trinajstić information content (AvgIpc) is 3.40. The second-order valence-corrected chi connectivity index (χ2v) is 9.94. The summed E-state index contributed by atoms with van der Waals surface area (Å²) in [6.07, 6.45) is -3.35. The molecule has 0 amide bonds. The molecule has 2 heterocycles. The van der Waals surface area contributed by atoms with E-state index in [4.69, 9.17) is 29.4 Å². The average molecular weight is 692 g/mol. The molecule has 4 unspecified atom stereocenters. The normalized spacial score (nSPS) is 18.5. The highest BCUT2D eigenvalue weighted by molar-refractivity contribution is 5.93. The van der Waals surface area contributed by atoms with Crippen molar-refractivity contribution in [2.45, 2.75) is 31.5 Å². The molecule has 5 rings (SSSR count). The lowest BCUT2D eigenvalue weighted by atomic mass is 10.1. The molecule has 1 aliphatic rings. The Balaban J connectivity index is 0.00000480. The number of hydrogen-bond acceptors (Lipinski definition) is 10. The molecule has 0 radical (unpaired) electrons. The summed E-state index contributed by atoms with van der Waals surface area (Å²) >= 11 is 0. The number of aromatic nitrogens is 1. The van der Waals surface area contributed by atoms with E-state index in [0.29, 0.717) is 5.56 Å². The minimum Gasteiger partial charge on any atom is -1.00 e. The van der Waals surface area contributed by atoms with Gasteiger partial charge in [-0.2, -0.15) is 0 Å².